The molecule has 18 nitrogen and oxygen atoms in total. The van der Waals surface area contributed by atoms with Crippen molar-refractivity contribution < 1.29 is 79.4 Å². The molecule has 0 heterocycles. The zero-order chi connectivity index (χ0) is 45.7. The molecule has 314 valence electrons. The van der Waals surface area contributed by atoms with Gasteiger partial charge in [0.25, 0.3) is 0 Å². The molecule has 10 aromatic rings. The number of phenols is 7. The number of ether oxygens (including phenoxy) is 2. The molecule has 0 amide bonds. The van der Waals surface area contributed by atoms with E-state index in [0.717, 1.165) is 67.8 Å². The van der Waals surface area contributed by atoms with Crippen LogP contribution in [0.3, 0.4) is 0 Å². The smallest absolute Gasteiger partial charge is 0.344 e. The highest BCUT2D eigenvalue weighted by Crippen LogP contribution is 2.58. The number of fused-ring (bicyclic) bond motifs is 2. The Morgan fingerprint density at radius 1 is 0.391 bits per heavy atom. The molecule has 10 rings (SSSR count). The summed E-state index contributed by atoms with van der Waals surface area (Å²) in [7, 11) is 0.991. The molecule has 0 saturated heterocycles. The Labute approximate surface area is 351 Å². The molecule has 0 aliphatic carbocycles. The second kappa shape index (κ2) is 12.8. The summed E-state index contributed by atoms with van der Waals surface area (Å²) in [4.78, 5) is 93.3. The average molecular weight is 863 g/mol. The molecule has 0 radical (unpaired) electrons. The minimum Gasteiger partial charge on any atom is -0.507 e. The first-order chi connectivity index (χ1) is 30.4. The zero-order valence-corrected chi connectivity index (χ0v) is 32.0. The van der Waals surface area contributed by atoms with Crippen molar-refractivity contribution in [3.63, 3.8) is 0 Å². The monoisotopic (exact) mass is 862 g/mol. The van der Waals surface area contributed by atoms with Crippen LogP contribution in [0.2, 0.25) is 0 Å². The number of benzene rings is 10. The van der Waals surface area contributed by atoms with Gasteiger partial charge in [-0.25, -0.2) is 19.2 Å². The number of phenolic OH excluding ortho intramolecular Hbond substituents is 7. The normalized spacial score (nSPS) is 11.9. The van der Waals surface area contributed by atoms with E-state index in [9.17, 15) is 79.5 Å². The highest BCUT2D eigenvalue weighted by molar-refractivity contribution is 6.51. The topological polar surface area (TPSA) is 320 Å². The van der Waals surface area contributed by atoms with Gasteiger partial charge in [-0.05, 0) is 24.3 Å². The molecule has 0 aliphatic rings. The van der Waals surface area contributed by atoms with Crippen LogP contribution in [0.15, 0.2) is 70.3 Å². The Hall–Kier alpha value is -9.45. The van der Waals surface area contributed by atoms with Crippen molar-refractivity contribution in [1.29, 1.82) is 0 Å². The number of hydrogen-bond acceptors (Lipinski definition) is 16. The fourth-order valence-corrected chi connectivity index (χ4v) is 9.13. The summed E-state index contributed by atoms with van der Waals surface area (Å²) in [5.41, 5.74) is -5.13. The number of carbonyl (C=O) groups is 5. The van der Waals surface area contributed by atoms with Crippen molar-refractivity contribution in [3.8, 4) is 46.0 Å². The molecule has 64 heavy (non-hydrogen) atoms. The van der Waals surface area contributed by atoms with E-state index in [4.69, 9.17) is 4.74 Å². The lowest BCUT2D eigenvalue weighted by atomic mass is 9.79. The molecular formula is C46H22O18. The lowest BCUT2D eigenvalue weighted by molar-refractivity contribution is 0.0582. The Kier molecular flexibility index (Phi) is 7.74. The molecular weight excluding hydrogens is 840 g/mol. The van der Waals surface area contributed by atoms with Crippen LogP contribution >= 0.6 is 0 Å². The van der Waals surface area contributed by atoms with Crippen molar-refractivity contribution in [2.24, 2.45) is 0 Å². The molecule has 0 spiro atoms. The van der Waals surface area contributed by atoms with Gasteiger partial charge in [0.05, 0.1) is 50.9 Å². The molecule has 0 fully saturated rings. The van der Waals surface area contributed by atoms with Gasteiger partial charge < -0.3 is 55.4 Å². The lowest BCUT2D eigenvalue weighted by Gasteiger charge is -2.24. The second-order valence-corrected chi connectivity index (χ2v) is 14.9. The van der Waals surface area contributed by atoms with Gasteiger partial charge in [0, 0.05) is 89.3 Å². The van der Waals surface area contributed by atoms with E-state index in [1.165, 1.54) is 0 Å². The van der Waals surface area contributed by atoms with Gasteiger partial charge in [0.1, 0.15) is 46.0 Å². The van der Waals surface area contributed by atoms with Crippen LogP contribution in [0.5, 0.6) is 46.0 Å². The van der Waals surface area contributed by atoms with E-state index in [2.05, 4.69) is 4.74 Å². The number of ketones is 1. The number of aromatic carboxylic acids is 2. The summed E-state index contributed by atoms with van der Waals surface area (Å²) in [6.45, 7) is 0. The predicted octanol–water partition coefficient (Wildman–Crippen LogP) is 5.80. The van der Waals surface area contributed by atoms with Crippen LogP contribution in [0, 0.1) is 0 Å². The van der Waals surface area contributed by atoms with Crippen molar-refractivity contribution in [1.82, 2.24) is 0 Å². The maximum Gasteiger partial charge on any atom is 0.344 e. The molecule has 0 aromatic heterocycles. The lowest BCUT2D eigenvalue weighted by Crippen LogP contribution is -2.17. The molecule has 10 aromatic carbocycles. The van der Waals surface area contributed by atoms with Crippen LogP contribution in [0.4, 0.5) is 0 Å². The van der Waals surface area contributed by atoms with Crippen LogP contribution < -0.4 is 15.6 Å². The third-order valence-corrected chi connectivity index (χ3v) is 11.6. The standard InChI is InChI=1S/C46H22O18/c1-63-45(61)17-7-13(2-4-14(17)43(57)58)40(54)12-3-5-15(16(6-12)44(59)60)46(62)64-25-11-24(53)32-37-33(25)28-20(49)10-23(52)31-36(28)38-34-26(18(47)8-21(50)29(34)41(31)55)27-19(48)9-22(51)30(42(32)56)35(27)39(37)38/h2-11,47-53H,1H3,(H,57,58)(H,59,60). The maximum atomic E-state index is 14.5. The summed E-state index contributed by atoms with van der Waals surface area (Å²) < 4.78 is 10.4. The maximum absolute atomic E-state index is 14.5. The van der Waals surface area contributed by atoms with Crippen LogP contribution in [0.1, 0.15) is 57.4 Å². The van der Waals surface area contributed by atoms with Gasteiger partial charge in [0.2, 0.25) is 10.9 Å². The Balaban J connectivity index is 1.26. The highest BCUT2D eigenvalue weighted by Gasteiger charge is 2.35. The van der Waals surface area contributed by atoms with Crippen molar-refractivity contribution >= 4 is 105 Å². The zero-order valence-electron chi connectivity index (χ0n) is 32.0. The van der Waals surface area contributed by atoms with Crippen LogP contribution in [-0.4, -0.2) is 82.7 Å². The van der Waals surface area contributed by atoms with Crippen LogP contribution in [-0.2, 0) is 4.74 Å². The van der Waals surface area contributed by atoms with E-state index < -0.39 is 130 Å². The average Bonchev–Trinajstić information content (AvgIpc) is 3.24. The van der Waals surface area contributed by atoms with E-state index in [0.29, 0.717) is 0 Å². The molecule has 9 N–H and O–H groups in total. The highest BCUT2D eigenvalue weighted by atomic mass is 16.5. The fourth-order valence-electron chi connectivity index (χ4n) is 9.13. The Morgan fingerprint density at radius 3 is 1.19 bits per heavy atom. The number of hydrogen-bond donors (Lipinski definition) is 9. The summed E-state index contributed by atoms with van der Waals surface area (Å²) in [5.74, 6) is -12.7. The van der Waals surface area contributed by atoms with E-state index in [1.54, 1.807) is 0 Å². The number of methoxy groups -OCH3 is 1. The first-order valence-corrected chi connectivity index (χ1v) is 18.5. The molecule has 0 saturated carbocycles. The fraction of sp³-hybridized carbons (Fsp3) is 0.0217. The molecule has 0 unspecified atom stereocenters. The van der Waals surface area contributed by atoms with Gasteiger partial charge in [0.15, 0.2) is 5.78 Å². The molecule has 0 atom stereocenters. The number of esters is 2. The van der Waals surface area contributed by atoms with E-state index >= 15 is 0 Å². The number of aromatic hydroxyl groups is 7. The molecule has 0 aliphatic heterocycles. The van der Waals surface area contributed by atoms with Crippen molar-refractivity contribution in [2.75, 3.05) is 7.11 Å². The Morgan fingerprint density at radius 2 is 0.750 bits per heavy atom. The quantitative estimate of drug-likeness (QED) is 0.0300. The SMILES string of the molecule is COC(=O)c1cc(C(=O)c2ccc(C(=O)Oc3cc(O)c4c(=O)c5c(O)cc(O)c6c7c(O)cc(O)c8c(=O)c9c(O)cc(O)c%10c3c4c(c56)c(c87)c9%10)c(C(=O)O)c2)ccc1C(=O)O. The van der Waals surface area contributed by atoms with Crippen LogP contribution in [0.25, 0.3) is 75.4 Å². The first-order valence-electron chi connectivity index (χ1n) is 18.5. The van der Waals surface area contributed by atoms with Gasteiger partial charge in [-0.2, -0.15) is 0 Å². The summed E-state index contributed by atoms with van der Waals surface area (Å²) in [5, 5.41) is 94.6. The largest absolute Gasteiger partial charge is 0.507 e. The number of carboxylic acid groups (broad SMARTS) is 2. The summed E-state index contributed by atoms with van der Waals surface area (Å²) in [6.07, 6.45) is 0. The van der Waals surface area contributed by atoms with Gasteiger partial charge in [-0.15, -0.1) is 0 Å². The predicted molar refractivity (Wildman–Crippen MR) is 224 cm³/mol. The minimum atomic E-state index is -1.75. The molecule has 18 heteroatoms. The third kappa shape index (κ3) is 4.80. The van der Waals surface area contributed by atoms with Crippen molar-refractivity contribution in [3.05, 3.63) is 114 Å². The molecule has 0 bridgehead atoms. The first kappa shape index (κ1) is 38.7. The number of rotatable bonds is 7. The van der Waals surface area contributed by atoms with Gasteiger partial charge in [-0.1, -0.05) is 12.1 Å². The Bertz CT molecular complexity index is 3980. The summed E-state index contributed by atoms with van der Waals surface area (Å²) >= 11 is 0. The third-order valence-electron chi connectivity index (χ3n) is 11.6. The van der Waals surface area contributed by atoms with Gasteiger partial charge in [-0.3, -0.25) is 14.4 Å². The van der Waals surface area contributed by atoms with E-state index in [1.807, 2.05) is 0 Å². The number of carboxylic acids is 2. The van der Waals surface area contributed by atoms with Crippen molar-refractivity contribution in [2.45, 2.75) is 0 Å². The van der Waals surface area contributed by atoms with E-state index in [-0.39, 0.29) is 65.0 Å². The number of carbonyl (C=O) groups excluding carboxylic acids is 3. The second-order valence-electron chi connectivity index (χ2n) is 14.9. The van der Waals surface area contributed by atoms with Gasteiger partial charge >= 0.3 is 23.9 Å². The minimum absolute atomic E-state index is 0.111. The summed E-state index contributed by atoms with van der Waals surface area (Å²) in [6, 6.07) is 8.88.